The largest absolute Gasteiger partial charge is 0.481 e. The lowest BCUT2D eigenvalue weighted by molar-refractivity contribution is -0.137. The van der Waals surface area contributed by atoms with Crippen LogP contribution in [0, 0.1) is 0 Å². The fraction of sp³-hybridized carbons (Fsp3) is 0.533. The Bertz CT molecular complexity index is 387. The van der Waals surface area contributed by atoms with E-state index in [9.17, 15) is 9.90 Å². The molecule has 0 aliphatic rings. The maximum Gasteiger partial charge on any atom is 0.303 e. The topological polar surface area (TPSA) is 60.8 Å². The summed E-state index contributed by atoms with van der Waals surface area (Å²) in [6.07, 6.45) is 2.82. The van der Waals surface area contributed by atoms with E-state index in [1.807, 2.05) is 43.3 Å². The first-order valence-electron chi connectivity index (χ1n) is 6.68. The Morgan fingerprint density at radius 2 is 1.79 bits per heavy atom. The molecule has 1 aromatic rings. The van der Waals surface area contributed by atoms with Crippen LogP contribution in [0.3, 0.4) is 0 Å². The smallest absolute Gasteiger partial charge is 0.303 e. The van der Waals surface area contributed by atoms with Gasteiger partial charge in [-0.3, -0.25) is 4.79 Å². The monoisotopic (exact) mass is 265 g/mol. The number of carboxylic acids is 1. The average molecular weight is 265 g/mol. The van der Waals surface area contributed by atoms with Crippen LogP contribution in [0.4, 0.5) is 5.69 Å². The number of anilines is 1. The molecule has 0 aliphatic heterocycles. The van der Waals surface area contributed by atoms with Crippen molar-refractivity contribution in [3.05, 3.63) is 29.8 Å². The number of benzene rings is 1. The van der Waals surface area contributed by atoms with Crippen molar-refractivity contribution in [3.63, 3.8) is 0 Å². The fourth-order valence-corrected chi connectivity index (χ4v) is 1.95. The molecular formula is C15H23NO3. The second-order valence-corrected chi connectivity index (χ2v) is 4.99. The van der Waals surface area contributed by atoms with E-state index in [0.29, 0.717) is 12.8 Å². The first-order chi connectivity index (χ1) is 9.00. The number of aliphatic hydroxyl groups excluding tert-OH is 1. The van der Waals surface area contributed by atoms with Crippen LogP contribution in [0.25, 0.3) is 0 Å². The van der Waals surface area contributed by atoms with Gasteiger partial charge < -0.3 is 15.1 Å². The van der Waals surface area contributed by atoms with Crippen LogP contribution in [0.5, 0.6) is 0 Å². The summed E-state index contributed by atoms with van der Waals surface area (Å²) in [5.74, 6) is -0.750. The van der Waals surface area contributed by atoms with Gasteiger partial charge in [-0.25, -0.2) is 0 Å². The number of aliphatic carboxylic acids is 1. The van der Waals surface area contributed by atoms with Gasteiger partial charge in [-0.05, 0) is 30.5 Å². The van der Waals surface area contributed by atoms with Gasteiger partial charge in [-0.15, -0.1) is 0 Å². The Hall–Kier alpha value is -1.55. The molecule has 2 N–H and O–H groups in total. The molecule has 106 valence electrons. The summed E-state index contributed by atoms with van der Waals surface area (Å²) < 4.78 is 0. The summed E-state index contributed by atoms with van der Waals surface area (Å²) in [5.41, 5.74) is 2.03. The predicted octanol–water partition coefficient (Wildman–Crippen LogP) is 2.82. The van der Waals surface area contributed by atoms with Gasteiger partial charge >= 0.3 is 5.97 Å². The van der Waals surface area contributed by atoms with E-state index in [4.69, 9.17) is 5.11 Å². The third kappa shape index (κ3) is 5.75. The highest BCUT2D eigenvalue weighted by atomic mass is 16.4. The highest BCUT2D eigenvalue weighted by Crippen LogP contribution is 2.22. The van der Waals surface area contributed by atoms with E-state index < -0.39 is 12.1 Å². The van der Waals surface area contributed by atoms with Crippen LogP contribution in [0.15, 0.2) is 24.3 Å². The minimum atomic E-state index is -0.750. The molecule has 1 unspecified atom stereocenters. The van der Waals surface area contributed by atoms with Crippen molar-refractivity contribution < 1.29 is 15.0 Å². The van der Waals surface area contributed by atoms with Gasteiger partial charge in [0.25, 0.3) is 0 Å². The van der Waals surface area contributed by atoms with Crippen LogP contribution in [-0.4, -0.2) is 30.3 Å². The van der Waals surface area contributed by atoms with Gasteiger partial charge in [0.1, 0.15) is 0 Å². The lowest BCUT2D eigenvalue weighted by atomic mass is 10.0. The number of carbonyl (C=O) groups is 1. The molecule has 1 atom stereocenters. The lowest BCUT2D eigenvalue weighted by Gasteiger charge is -2.15. The van der Waals surface area contributed by atoms with Gasteiger partial charge in [0, 0.05) is 26.2 Å². The normalized spacial score (nSPS) is 12.2. The molecule has 0 aromatic heterocycles. The van der Waals surface area contributed by atoms with E-state index in [1.165, 1.54) is 0 Å². The molecule has 1 rings (SSSR count). The maximum atomic E-state index is 10.4. The van der Waals surface area contributed by atoms with Gasteiger partial charge in [0.2, 0.25) is 0 Å². The second-order valence-electron chi connectivity index (χ2n) is 4.99. The van der Waals surface area contributed by atoms with Gasteiger partial charge in [0.15, 0.2) is 0 Å². The first-order valence-corrected chi connectivity index (χ1v) is 6.68. The van der Waals surface area contributed by atoms with Crippen molar-refractivity contribution >= 4 is 11.7 Å². The number of unbranched alkanes of at least 4 members (excludes halogenated alkanes) is 2. The second kappa shape index (κ2) is 7.79. The molecule has 0 radical (unpaired) electrons. The highest BCUT2D eigenvalue weighted by Gasteiger charge is 2.07. The minimum Gasteiger partial charge on any atom is -0.481 e. The summed E-state index contributed by atoms with van der Waals surface area (Å²) in [6.45, 7) is 0. The average Bonchev–Trinajstić information content (AvgIpc) is 2.37. The Labute approximate surface area is 114 Å². The molecule has 0 saturated heterocycles. The molecule has 0 bridgehead atoms. The zero-order valence-corrected chi connectivity index (χ0v) is 11.7. The third-order valence-electron chi connectivity index (χ3n) is 3.16. The quantitative estimate of drug-likeness (QED) is 0.710. The standard InChI is InChI=1S/C15H23NO3/c1-16(2)13-10-8-12(9-11-13)14(17)6-4-3-5-7-15(18)19/h8-11,14,17H,3-7H2,1-2H3,(H,18,19). The Morgan fingerprint density at radius 1 is 1.16 bits per heavy atom. The molecule has 4 heteroatoms. The Balaban J connectivity index is 2.32. The SMILES string of the molecule is CN(C)c1ccc(C(O)CCCCCC(=O)O)cc1. The van der Waals surface area contributed by atoms with Crippen LogP contribution < -0.4 is 4.90 Å². The van der Waals surface area contributed by atoms with Crippen LogP contribution in [0.2, 0.25) is 0 Å². The first kappa shape index (κ1) is 15.5. The molecule has 0 fully saturated rings. The maximum absolute atomic E-state index is 10.4. The number of carboxylic acid groups (broad SMARTS) is 1. The highest BCUT2D eigenvalue weighted by molar-refractivity contribution is 5.66. The van der Waals surface area contributed by atoms with Crippen molar-refractivity contribution in [1.82, 2.24) is 0 Å². The lowest BCUT2D eigenvalue weighted by Crippen LogP contribution is -2.08. The molecule has 0 heterocycles. The van der Waals surface area contributed by atoms with Crippen LogP contribution in [-0.2, 0) is 4.79 Å². The molecule has 0 saturated carbocycles. The Kier molecular flexibility index (Phi) is 6.36. The van der Waals surface area contributed by atoms with E-state index in [0.717, 1.165) is 24.1 Å². The van der Waals surface area contributed by atoms with E-state index in [2.05, 4.69) is 0 Å². The van der Waals surface area contributed by atoms with Crippen LogP contribution in [0.1, 0.15) is 43.8 Å². The van der Waals surface area contributed by atoms with Crippen molar-refractivity contribution in [2.24, 2.45) is 0 Å². The van der Waals surface area contributed by atoms with Gasteiger partial charge in [0.05, 0.1) is 6.10 Å². The minimum absolute atomic E-state index is 0.216. The van der Waals surface area contributed by atoms with Crippen molar-refractivity contribution in [2.75, 3.05) is 19.0 Å². The fourth-order valence-electron chi connectivity index (χ4n) is 1.95. The summed E-state index contributed by atoms with van der Waals surface area (Å²) in [4.78, 5) is 12.4. The molecule has 0 amide bonds. The molecular weight excluding hydrogens is 242 g/mol. The number of hydrogen-bond donors (Lipinski definition) is 2. The van der Waals surface area contributed by atoms with Crippen molar-refractivity contribution in [1.29, 1.82) is 0 Å². The van der Waals surface area contributed by atoms with Gasteiger partial charge in [-0.2, -0.15) is 0 Å². The zero-order valence-electron chi connectivity index (χ0n) is 11.7. The van der Waals surface area contributed by atoms with E-state index in [-0.39, 0.29) is 6.42 Å². The van der Waals surface area contributed by atoms with Crippen LogP contribution >= 0.6 is 0 Å². The zero-order chi connectivity index (χ0) is 14.3. The van der Waals surface area contributed by atoms with E-state index in [1.54, 1.807) is 0 Å². The number of nitrogens with zero attached hydrogens (tertiary/aromatic N) is 1. The summed E-state index contributed by atoms with van der Waals surface area (Å²) in [5, 5.41) is 18.5. The molecule has 1 aromatic carbocycles. The summed E-state index contributed by atoms with van der Waals surface area (Å²) >= 11 is 0. The predicted molar refractivity (Wildman–Crippen MR) is 76.4 cm³/mol. The Morgan fingerprint density at radius 3 is 2.32 bits per heavy atom. The number of rotatable bonds is 8. The van der Waals surface area contributed by atoms with Gasteiger partial charge in [-0.1, -0.05) is 25.0 Å². The number of hydrogen-bond acceptors (Lipinski definition) is 3. The third-order valence-corrected chi connectivity index (χ3v) is 3.16. The summed E-state index contributed by atoms with van der Waals surface area (Å²) in [7, 11) is 3.96. The van der Waals surface area contributed by atoms with E-state index >= 15 is 0 Å². The molecule has 0 aliphatic carbocycles. The molecule has 19 heavy (non-hydrogen) atoms. The van der Waals surface area contributed by atoms with Crippen molar-refractivity contribution in [3.8, 4) is 0 Å². The van der Waals surface area contributed by atoms with Crippen molar-refractivity contribution in [2.45, 2.75) is 38.2 Å². The molecule has 4 nitrogen and oxygen atoms in total. The molecule has 0 spiro atoms. The summed E-state index contributed by atoms with van der Waals surface area (Å²) in [6, 6.07) is 7.86. The number of aliphatic hydroxyl groups is 1.